The van der Waals surface area contributed by atoms with Crippen LogP contribution >= 0.6 is 11.6 Å². The second-order valence-electron chi connectivity index (χ2n) is 13.5. The third kappa shape index (κ3) is 11.1. The van der Waals surface area contributed by atoms with Gasteiger partial charge in [-0.25, -0.2) is 19.3 Å². The van der Waals surface area contributed by atoms with Crippen LogP contribution in [0, 0.1) is 0 Å². The standard InChI is InChI=1S/C32H41ClF3N5O9S/c1-30(2,3)48-27(42)37-26(40-18-38(7)28(43)39(8)19-40)41(29(44)49-31(4,5)6)17-20-10-15-23(24(33)16-20)25(50-51(45,46)32(34,35)36)21-11-13-22(47-9)14-12-21/h10-16,25H,17-19H2,1-9H3/b37-26+/t25-/m1/s1. The second kappa shape index (κ2) is 15.5. The van der Waals surface area contributed by atoms with Gasteiger partial charge < -0.3 is 28.9 Å². The van der Waals surface area contributed by atoms with Gasteiger partial charge in [0, 0.05) is 24.7 Å². The van der Waals surface area contributed by atoms with E-state index in [1.807, 2.05) is 0 Å². The number of nitrogens with zero attached hydrogens (tertiary/aromatic N) is 5. The van der Waals surface area contributed by atoms with E-state index in [1.165, 1.54) is 78.4 Å². The Morgan fingerprint density at radius 1 is 0.941 bits per heavy atom. The Kier molecular flexibility index (Phi) is 12.5. The van der Waals surface area contributed by atoms with Crippen molar-refractivity contribution in [2.24, 2.45) is 4.99 Å². The lowest BCUT2D eigenvalue weighted by molar-refractivity contribution is -0.0562. The molecule has 0 spiro atoms. The average molecular weight is 764 g/mol. The lowest BCUT2D eigenvalue weighted by atomic mass is 10.00. The van der Waals surface area contributed by atoms with Crippen LogP contribution in [0.3, 0.4) is 0 Å². The van der Waals surface area contributed by atoms with Gasteiger partial charge in [-0.3, -0.25) is 4.18 Å². The van der Waals surface area contributed by atoms with E-state index in [-0.39, 0.29) is 53.6 Å². The van der Waals surface area contributed by atoms with E-state index >= 15 is 0 Å². The fourth-order valence-electron chi connectivity index (χ4n) is 4.61. The topological polar surface area (TPSA) is 148 Å². The van der Waals surface area contributed by atoms with Crippen LogP contribution in [0.4, 0.5) is 27.6 Å². The highest BCUT2D eigenvalue weighted by atomic mass is 35.5. The Morgan fingerprint density at radius 3 is 1.96 bits per heavy atom. The van der Waals surface area contributed by atoms with Crippen molar-refractivity contribution >= 4 is 45.9 Å². The van der Waals surface area contributed by atoms with Crippen molar-refractivity contribution < 1.29 is 54.4 Å². The SMILES string of the molecule is COc1ccc([C@@H](OS(=O)(=O)C(F)(F)F)c2ccc(CN(C(=O)OC(C)(C)C)/C(=N/C(=O)OC(C)(C)C)N3CN(C)C(=O)N(C)C3)cc2Cl)cc1. The quantitative estimate of drug-likeness (QED) is 0.132. The molecule has 1 heterocycles. The van der Waals surface area contributed by atoms with E-state index in [2.05, 4.69) is 4.99 Å². The number of hydrogen-bond acceptors (Lipinski definition) is 9. The molecule has 0 N–H and O–H groups in total. The van der Waals surface area contributed by atoms with Gasteiger partial charge in [0.25, 0.3) is 0 Å². The largest absolute Gasteiger partial charge is 0.523 e. The molecule has 0 aromatic heterocycles. The van der Waals surface area contributed by atoms with Crippen LogP contribution in [-0.4, -0.2) is 103 Å². The van der Waals surface area contributed by atoms with Crippen molar-refractivity contribution in [1.29, 1.82) is 0 Å². The van der Waals surface area contributed by atoms with Crippen LogP contribution in [0.25, 0.3) is 0 Å². The third-order valence-electron chi connectivity index (χ3n) is 6.75. The smallest absolute Gasteiger partial charge is 0.497 e. The van der Waals surface area contributed by atoms with Crippen LogP contribution < -0.4 is 4.74 Å². The average Bonchev–Trinajstić information content (AvgIpc) is 2.98. The molecule has 19 heteroatoms. The number of amides is 4. The summed E-state index contributed by atoms with van der Waals surface area (Å²) in [6, 6.07) is 9.02. The Labute approximate surface area is 299 Å². The van der Waals surface area contributed by atoms with Crippen LogP contribution in [0.2, 0.25) is 5.02 Å². The summed E-state index contributed by atoms with van der Waals surface area (Å²) in [5, 5.41) is -0.219. The van der Waals surface area contributed by atoms with Gasteiger partial charge in [-0.05, 0) is 70.9 Å². The van der Waals surface area contributed by atoms with Crippen LogP contribution in [0.15, 0.2) is 47.5 Å². The molecule has 1 atom stereocenters. The molecule has 1 fully saturated rings. The van der Waals surface area contributed by atoms with Gasteiger partial charge in [-0.2, -0.15) is 21.6 Å². The molecule has 51 heavy (non-hydrogen) atoms. The zero-order valence-electron chi connectivity index (χ0n) is 29.6. The summed E-state index contributed by atoms with van der Waals surface area (Å²) in [5.41, 5.74) is -7.60. The highest BCUT2D eigenvalue weighted by Gasteiger charge is 2.49. The molecular weight excluding hydrogens is 723 g/mol. The van der Waals surface area contributed by atoms with Crippen molar-refractivity contribution in [2.75, 3.05) is 34.5 Å². The molecule has 1 aliphatic rings. The van der Waals surface area contributed by atoms with Gasteiger partial charge >= 0.3 is 33.8 Å². The molecule has 0 radical (unpaired) electrons. The second-order valence-corrected chi connectivity index (χ2v) is 15.4. The number of benzene rings is 2. The summed E-state index contributed by atoms with van der Waals surface area (Å²) in [7, 11) is -1.71. The van der Waals surface area contributed by atoms with E-state index in [0.717, 1.165) is 4.90 Å². The van der Waals surface area contributed by atoms with Gasteiger partial charge in [-0.15, -0.1) is 4.99 Å². The molecule has 0 unspecified atom stereocenters. The summed E-state index contributed by atoms with van der Waals surface area (Å²) in [5.74, 6) is 0.0970. The number of carbonyl (C=O) groups excluding carboxylic acids is 3. The number of aliphatic imine (C=N–C) groups is 1. The monoisotopic (exact) mass is 763 g/mol. The number of ether oxygens (including phenoxy) is 3. The molecule has 14 nitrogen and oxygen atoms in total. The molecule has 2 aromatic carbocycles. The number of urea groups is 1. The molecular formula is C32H41ClF3N5O9S. The van der Waals surface area contributed by atoms with E-state index in [1.54, 1.807) is 41.5 Å². The molecule has 1 aliphatic heterocycles. The summed E-state index contributed by atoms with van der Waals surface area (Å²) in [4.78, 5) is 48.6. The molecule has 4 amide bonds. The molecule has 2 aromatic rings. The number of rotatable bonds is 7. The zero-order valence-corrected chi connectivity index (χ0v) is 31.1. The first kappa shape index (κ1) is 41.1. The van der Waals surface area contributed by atoms with Crippen LogP contribution in [0.1, 0.15) is 64.3 Å². The normalized spacial score (nSPS) is 15.4. The first-order chi connectivity index (χ1) is 23.3. The van der Waals surface area contributed by atoms with E-state index < -0.39 is 45.1 Å². The van der Waals surface area contributed by atoms with Crippen LogP contribution in [-0.2, 0) is 30.3 Å². The summed E-state index contributed by atoms with van der Waals surface area (Å²) in [6.45, 7) is 9.16. The highest BCUT2D eigenvalue weighted by molar-refractivity contribution is 7.87. The Morgan fingerprint density at radius 2 is 1.49 bits per heavy atom. The first-order valence-electron chi connectivity index (χ1n) is 15.3. The van der Waals surface area contributed by atoms with Crippen LogP contribution in [0.5, 0.6) is 5.75 Å². The lowest BCUT2D eigenvalue weighted by Crippen LogP contribution is -2.60. The van der Waals surface area contributed by atoms with Gasteiger partial charge in [0.1, 0.15) is 23.1 Å². The Bertz CT molecular complexity index is 1730. The number of carbonyl (C=O) groups is 3. The number of methoxy groups -OCH3 is 1. The molecule has 3 rings (SSSR count). The zero-order chi connectivity index (χ0) is 38.7. The van der Waals surface area contributed by atoms with Crippen molar-refractivity contribution in [1.82, 2.24) is 19.6 Å². The van der Waals surface area contributed by atoms with Crippen molar-refractivity contribution in [3.63, 3.8) is 0 Å². The Hall–Kier alpha value is -4.29. The van der Waals surface area contributed by atoms with Gasteiger partial charge in [0.05, 0.1) is 27.0 Å². The Balaban J connectivity index is 2.15. The van der Waals surface area contributed by atoms with E-state index in [4.69, 9.17) is 30.0 Å². The van der Waals surface area contributed by atoms with Crippen molar-refractivity contribution in [2.45, 2.75) is 70.9 Å². The predicted octanol–water partition coefficient (Wildman–Crippen LogP) is 6.55. The highest BCUT2D eigenvalue weighted by Crippen LogP contribution is 2.38. The fourth-order valence-corrected chi connectivity index (χ4v) is 5.49. The van der Waals surface area contributed by atoms with E-state index in [0.29, 0.717) is 5.75 Å². The maximum absolute atomic E-state index is 13.8. The predicted molar refractivity (Wildman–Crippen MR) is 180 cm³/mol. The minimum Gasteiger partial charge on any atom is -0.497 e. The summed E-state index contributed by atoms with van der Waals surface area (Å²) >= 11 is 6.60. The summed E-state index contributed by atoms with van der Waals surface area (Å²) in [6.07, 6.45) is -3.85. The molecule has 0 saturated carbocycles. The molecule has 1 saturated heterocycles. The first-order valence-corrected chi connectivity index (χ1v) is 17.1. The van der Waals surface area contributed by atoms with Gasteiger partial charge in [0.15, 0.2) is 0 Å². The number of guanidine groups is 1. The van der Waals surface area contributed by atoms with Crippen molar-refractivity contribution in [3.8, 4) is 5.75 Å². The van der Waals surface area contributed by atoms with Gasteiger partial charge in [0.2, 0.25) is 5.96 Å². The maximum atomic E-state index is 13.8. The fraction of sp³-hybridized carbons (Fsp3) is 0.500. The number of hydrogen-bond donors (Lipinski definition) is 0. The third-order valence-corrected chi connectivity index (χ3v) is 8.09. The maximum Gasteiger partial charge on any atom is 0.523 e. The number of halogens is 4. The number of alkyl halides is 3. The minimum atomic E-state index is -6.10. The molecule has 0 bridgehead atoms. The van der Waals surface area contributed by atoms with E-state index in [9.17, 15) is 36.0 Å². The van der Waals surface area contributed by atoms with Crippen molar-refractivity contribution in [3.05, 3.63) is 64.2 Å². The minimum absolute atomic E-state index is 0.00771. The lowest BCUT2D eigenvalue weighted by Gasteiger charge is -2.42. The summed E-state index contributed by atoms with van der Waals surface area (Å²) < 4.78 is 85.5. The van der Waals surface area contributed by atoms with Gasteiger partial charge in [-0.1, -0.05) is 35.9 Å². The molecule has 282 valence electrons. The molecule has 0 aliphatic carbocycles.